The summed E-state index contributed by atoms with van der Waals surface area (Å²) < 4.78 is 14.4. The van der Waals surface area contributed by atoms with Gasteiger partial charge in [-0.15, -0.1) is 0 Å². The summed E-state index contributed by atoms with van der Waals surface area (Å²) in [7, 11) is 2.58. The number of likely N-dealkylation sites (N-methyl/N-ethyl adjacent to an activating group) is 1. The van der Waals surface area contributed by atoms with E-state index in [0.717, 1.165) is 19.3 Å². The highest BCUT2D eigenvalue weighted by molar-refractivity contribution is 6.74. The molecule has 172 valence electrons. The molecule has 4 heteroatoms. The molecule has 2 heterocycles. The second kappa shape index (κ2) is 6.68. The minimum Gasteiger partial charge on any atom is -0.413 e. The van der Waals surface area contributed by atoms with Gasteiger partial charge in [0.2, 0.25) is 0 Å². The molecule has 5 aliphatic rings. The Kier molecular flexibility index (Phi) is 4.77. The average molecular weight is 442 g/mol. The summed E-state index contributed by atoms with van der Waals surface area (Å²) in [5.41, 5.74) is 2.89. The molecule has 5 rings (SSSR count). The molecule has 2 fully saturated rings. The zero-order valence-electron chi connectivity index (χ0n) is 21.0. The highest BCUT2D eigenvalue weighted by Gasteiger charge is 2.67. The van der Waals surface area contributed by atoms with Crippen molar-refractivity contribution in [1.29, 1.82) is 0 Å². The third-order valence-electron chi connectivity index (χ3n) is 10.1. The Morgan fingerprint density at radius 3 is 2.55 bits per heavy atom. The lowest BCUT2D eigenvalue weighted by atomic mass is 9.60. The van der Waals surface area contributed by atoms with E-state index in [1.807, 2.05) is 0 Å². The lowest BCUT2D eigenvalue weighted by Gasteiger charge is -2.54. The molecule has 2 bridgehead atoms. The highest BCUT2D eigenvalue weighted by atomic mass is 28.4. The zero-order chi connectivity index (χ0) is 22.4. The van der Waals surface area contributed by atoms with Gasteiger partial charge in [0.25, 0.3) is 0 Å². The quantitative estimate of drug-likeness (QED) is 0.484. The van der Waals surface area contributed by atoms with Gasteiger partial charge in [0.1, 0.15) is 0 Å². The molecule has 0 N–H and O–H groups in total. The standard InChI is InChI=1S/C27H43NO2Si/c1-24(2,3)31(7,8)29-23-12-11-22-25(23,4)14-13-20-17-19-9-10-21(28(5)6)18-26(19)15-16-27(20,22)30-26/h9-10,13,17,21-23H,11-12,14-16,18H2,1-8H3/t21-,22-,23+,25+,26-,27-/m1/s1. The van der Waals surface area contributed by atoms with Crippen molar-refractivity contribution in [2.45, 2.75) is 108 Å². The molecule has 2 aliphatic heterocycles. The second-order valence-corrected chi connectivity index (χ2v) is 17.8. The van der Waals surface area contributed by atoms with Crippen molar-refractivity contribution < 1.29 is 9.16 Å². The predicted molar refractivity (Wildman–Crippen MR) is 131 cm³/mol. The minimum absolute atomic E-state index is 0.0857. The molecule has 0 aromatic heterocycles. The van der Waals surface area contributed by atoms with Gasteiger partial charge in [0.15, 0.2) is 8.32 Å². The van der Waals surface area contributed by atoms with Crippen molar-refractivity contribution in [3.05, 3.63) is 35.5 Å². The summed E-state index contributed by atoms with van der Waals surface area (Å²) in [6.07, 6.45) is 17.1. The van der Waals surface area contributed by atoms with Crippen molar-refractivity contribution in [2.24, 2.45) is 11.3 Å². The van der Waals surface area contributed by atoms with E-state index in [4.69, 9.17) is 9.16 Å². The molecule has 6 atom stereocenters. The van der Waals surface area contributed by atoms with Crippen LogP contribution in [0.5, 0.6) is 0 Å². The van der Waals surface area contributed by atoms with Crippen molar-refractivity contribution in [2.75, 3.05) is 14.1 Å². The van der Waals surface area contributed by atoms with Crippen molar-refractivity contribution in [3.63, 3.8) is 0 Å². The molecule has 3 aliphatic carbocycles. The van der Waals surface area contributed by atoms with Crippen LogP contribution in [0.1, 0.15) is 66.2 Å². The number of nitrogens with zero attached hydrogens (tertiary/aromatic N) is 1. The summed E-state index contributed by atoms with van der Waals surface area (Å²) in [5.74, 6) is 0.565. The Hall–Kier alpha value is -0.683. The van der Waals surface area contributed by atoms with E-state index in [-0.39, 0.29) is 21.7 Å². The Morgan fingerprint density at radius 1 is 1.13 bits per heavy atom. The summed E-state index contributed by atoms with van der Waals surface area (Å²) in [6, 6.07) is 0.464. The molecule has 0 unspecified atom stereocenters. The second-order valence-electron chi connectivity index (χ2n) is 13.0. The largest absolute Gasteiger partial charge is 0.413 e. The third-order valence-corrected chi connectivity index (χ3v) is 14.6. The molecular weight excluding hydrogens is 398 g/mol. The minimum atomic E-state index is -1.80. The molecule has 0 amide bonds. The maximum absolute atomic E-state index is 7.33. The first-order valence-electron chi connectivity index (χ1n) is 12.5. The number of rotatable bonds is 3. The molecular formula is C27H43NO2Si. The van der Waals surface area contributed by atoms with E-state index in [1.54, 1.807) is 0 Å². The molecule has 0 aromatic carbocycles. The van der Waals surface area contributed by atoms with Crippen molar-refractivity contribution >= 4 is 8.32 Å². The van der Waals surface area contributed by atoms with E-state index in [2.05, 4.69) is 84.1 Å². The number of allylic oxidation sites excluding steroid dienone is 1. The number of hydrogen-bond acceptors (Lipinski definition) is 3. The topological polar surface area (TPSA) is 21.7 Å². The van der Waals surface area contributed by atoms with E-state index < -0.39 is 8.32 Å². The maximum Gasteiger partial charge on any atom is 0.192 e. The van der Waals surface area contributed by atoms with Gasteiger partial charge >= 0.3 is 0 Å². The third kappa shape index (κ3) is 3.01. The van der Waals surface area contributed by atoms with Crippen LogP contribution in [0.15, 0.2) is 35.5 Å². The molecule has 31 heavy (non-hydrogen) atoms. The van der Waals surface area contributed by atoms with Gasteiger partial charge in [-0.1, -0.05) is 52.0 Å². The van der Waals surface area contributed by atoms with E-state index >= 15 is 0 Å². The highest BCUT2D eigenvalue weighted by Crippen LogP contribution is 2.66. The lowest BCUT2D eigenvalue weighted by Crippen LogP contribution is -2.56. The van der Waals surface area contributed by atoms with Crippen LogP contribution in [0.3, 0.4) is 0 Å². The van der Waals surface area contributed by atoms with Crippen LogP contribution in [0, 0.1) is 11.3 Å². The first-order chi connectivity index (χ1) is 14.3. The monoisotopic (exact) mass is 441 g/mol. The normalized spacial score (nSPS) is 44.0. The molecule has 0 aromatic rings. The number of ether oxygens (including phenoxy) is 1. The maximum atomic E-state index is 7.33. The Balaban J connectivity index is 1.49. The zero-order valence-corrected chi connectivity index (χ0v) is 22.0. The number of hydrogen-bond donors (Lipinski definition) is 0. The fourth-order valence-corrected chi connectivity index (χ4v) is 8.53. The fourth-order valence-electron chi connectivity index (χ4n) is 7.08. The van der Waals surface area contributed by atoms with Crippen LogP contribution in [-0.4, -0.2) is 50.7 Å². The molecule has 3 nitrogen and oxygen atoms in total. The van der Waals surface area contributed by atoms with Crippen molar-refractivity contribution in [3.8, 4) is 0 Å². The van der Waals surface area contributed by atoms with Crippen LogP contribution < -0.4 is 0 Å². The summed E-state index contributed by atoms with van der Waals surface area (Å²) in [6.45, 7) is 14.4. The van der Waals surface area contributed by atoms with Crippen LogP contribution in [0.4, 0.5) is 0 Å². The van der Waals surface area contributed by atoms with Gasteiger partial charge in [-0.05, 0) is 81.9 Å². The average Bonchev–Trinajstić information content (AvgIpc) is 3.15. The first kappa shape index (κ1) is 22.1. The summed E-state index contributed by atoms with van der Waals surface area (Å²) >= 11 is 0. The fraction of sp³-hybridized carbons (Fsp3) is 0.778. The van der Waals surface area contributed by atoms with Crippen LogP contribution in [-0.2, 0) is 9.16 Å². The van der Waals surface area contributed by atoms with E-state index in [0.29, 0.717) is 18.1 Å². The Labute approximate surface area is 191 Å². The summed E-state index contributed by atoms with van der Waals surface area (Å²) in [5, 5.41) is 0.251. The van der Waals surface area contributed by atoms with Gasteiger partial charge < -0.3 is 14.1 Å². The Bertz CT molecular complexity index is 865. The van der Waals surface area contributed by atoms with Crippen LogP contribution in [0.2, 0.25) is 18.1 Å². The summed E-state index contributed by atoms with van der Waals surface area (Å²) in [4.78, 5) is 2.34. The SMILES string of the molecule is CN(C)[C@@H]1C=CC2=CC3=CC[C@]4(C)[C@@H](O[Si](C)(C)C(C)(C)C)CC[C@H]4[C@@]34CC[C@]2(C1)O4. The molecule has 0 radical (unpaired) electrons. The Morgan fingerprint density at radius 2 is 1.87 bits per heavy atom. The van der Waals surface area contributed by atoms with E-state index in [1.165, 1.54) is 30.4 Å². The van der Waals surface area contributed by atoms with Gasteiger partial charge in [0, 0.05) is 17.4 Å². The predicted octanol–water partition coefficient (Wildman–Crippen LogP) is 6.24. The van der Waals surface area contributed by atoms with Crippen LogP contribution >= 0.6 is 0 Å². The van der Waals surface area contributed by atoms with Gasteiger partial charge in [-0.2, -0.15) is 0 Å². The molecule has 1 saturated carbocycles. The van der Waals surface area contributed by atoms with Crippen molar-refractivity contribution in [1.82, 2.24) is 4.90 Å². The smallest absolute Gasteiger partial charge is 0.192 e. The van der Waals surface area contributed by atoms with Crippen LogP contribution in [0.25, 0.3) is 0 Å². The number of fused-ring (bicyclic) bond motifs is 1. The van der Waals surface area contributed by atoms with E-state index in [9.17, 15) is 0 Å². The lowest BCUT2D eigenvalue weighted by molar-refractivity contribution is -0.139. The first-order valence-corrected chi connectivity index (χ1v) is 15.4. The van der Waals surface area contributed by atoms with Gasteiger partial charge in [-0.3, -0.25) is 0 Å². The molecule has 1 saturated heterocycles. The van der Waals surface area contributed by atoms with Gasteiger partial charge in [-0.25, -0.2) is 0 Å². The molecule has 2 spiro atoms. The van der Waals surface area contributed by atoms with Gasteiger partial charge in [0.05, 0.1) is 17.3 Å².